The van der Waals surface area contributed by atoms with Gasteiger partial charge in [0.1, 0.15) is 0 Å². The predicted octanol–water partition coefficient (Wildman–Crippen LogP) is 3.46. The van der Waals surface area contributed by atoms with Crippen LogP contribution < -0.4 is 0 Å². The number of carbonyl (C=O) groups is 1. The molecule has 0 radical (unpaired) electrons. The summed E-state index contributed by atoms with van der Waals surface area (Å²) in [7, 11) is 0. The predicted molar refractivity (Wildman–Crippen MR) is 65.8 cm³/mol. The maximum atomic E-state index is 12.0. The maximum Gasteiger partial charge on any atom is 0.223 e. The van der Waals surface area contributed by atoms with Crippen LogP contribution in [0.1, 0.15) is 61.3 Å². The number of rotatable bonds is 3. The fourth-order valence-corrected chi connectivity index (χ4v) is 1.52. The van der Waals surface area contributed by atoms with E-state index in [-0.39, 0.29) is 16.9 Å². The first-order valence-corrected chi connectivity index (χ1v) is 5.88. The van der Waals surface area contributed by atoms with Crippen LogP contribution in [0.3, 0.4) is 0 Å². The van der Waals surface area contributed by atoms with Gasteiger partial charge >= 0.3 is 0 Å². The minimum absolute atomic E-state index is 0.0699. The Bertz CT molecular complexity index is 208. The van der Waals surface area contributed by atoms with Gasteiger partial charge in [0, 0.05) is 18.5 Å². The highest BCUT2D eigenvalue weighted by Gasteiger charge is 2.29. The quantitative estimate of drug-likeness (QED) is 0.703. The molecule has 0 aromatic rings. The largest absolute Gasteiger partial charge is 0.337 e. The highest BCUT2D eigenvalue weighted by molar-refractivity contribution is 5.76. The lowest BCUT2D eigenvalue weighted by Crippen LogP contribution is -2.49. The summed E-state index contributed by atoms with van der Waals surface area (Å²) in [5.41, 5.74) is 0.0935. The van der Waals surface area contributed by atoms with E-state index in [1.54, 1.807) is 0 Å². The minimum atomic E-state index is -0.0699. The van der Waals surface area contributed by atoms with E-state index < -0.39 is 0 Å². The Morgan fingerprint density at radius 3 is 1.80 bits per heavy atom. The highest BCUT2D eigenvalue weighted by Crippen LogP contribution is 2.23. The molecule has 0 N–H and O–H groups in total. The van der Waals surface area contributed by atoms with Gasteiger partial charge < -0.3 is 4.90 Å². The molecule has 0 aromatic carbocycles. The van der Waals surface area contributed by atoms with Gasteiger partial charge in [-0.05, 0) is 32.6 Å². The molecule has 0 bridgehead atoms. The molecule has 0 fully saturated rings. The van der Waals surface area contributed by atoms with Gasteiger partial charge in [-0.15, -0.1) is 0 Å². The third-order valence-electron chi connectivity index (χ3n) is 2.21. The Kier molecular flexibility index (Phi) is 4.82. The number of nitrogens with zero attached hydrogens (tertiary/aromatic N) is 1. The van der Waals surface area contributed by atoms with Crippen molar-refractivity contribution >= 4 is 5.91 Å². The summed E-state index contributed by atoms with van der Waals surface area (Å²) in [4.78, 5) is 14.0. The zero-order valence-electron chi connectivity index (χ0n) is 11.5. The molecule has 2 heteroatoms. The number of hydrogen-bond donors (Lipinski definition) is 0. The van der Waals surface area contributed by atoms with Crippen molar-refractivity contribution in [1.82, 2.24) is 4.90 Å². The molecule has 2 nitrogen and oxygen atoms in total. The lowest BCUT2D eigenvalue weighted by Gasteiger charge is -2.40. The van der Waals surface area contributed by atoms with Gasteiger partial charge in [-0.1, -0.05) is 27.7 Å². The summed E-state index contributed by atoms with van der Waals surface area (Å²) in [6.07, 6.45) is 1.59. The number of hydrogen-bond acceptors (Lipinski definition) is 1. The van der Waals surface area contributed by atoms with Crippen LogP contribution in [0.15, 0.2) is 0 Å². The summed E-state index contributed by atoms with van der Waals surface area (Å²) < 4.78 is 0. The van der Waals surface area contributed by atoms with Gasteiger partial charge in [0.2, 0.25) is 5.91 Å². The lowest BCUT2D eigenvalue weighted by atomic mass is 9.92. The zero-order chi connectivity index (χ0) is 12.3. The normalized spacial score (nSPS) is 12.7. The van der Waals surface area contributed by atoms with Crippen molar-refractivity contribution in [3.05, 3.63) is 0 Å². The maximum absolute atomic E-state index is 12.0. The second-order valence-corrected chi connectivity index (χ2v) is 6.46. The van der Waals surface area contributed by atoms with Gasteiger partial charge in [0.05, 0.1) is 0 Å². The Morgan fingerprint density at radius 2 is 1.53 bits per heavy atom. The Hall–Kier alpha value is -0.530. The first kappa shape index (κ1) is 14.5. The van der Waals surface area contributed by atoms with E-state index in [2.05, 4.69) is 48.5 Å². The molecule has 0 unspecified atom stereocenters. The number of amides is 1. The molecule has 0 saturated heterocycles. The van der Waals surface area contributed by atoms with E-state index in [0.717, 1.165) is 13.0 Å². The van der Waals surface area contributed by atoms with Crippen LogP contribution in [0.5, 0.6) is 0 Å². The molecule has 0 spiro atoms. The lowest BCUT2D eigenvalue weighted by molar-refractivity contribution is -0.137. The second-order valence-electron chi connectivity index (χ2n) is 6.46. The van der Waals surface area contributed by atoms with Gasteiger partial charge in [-0.2, -0.15) is 0 Å². The average molecular weight is 213 g/mol. The van der Waals surface area contributed by atoms with Crippen LogP contribution in [-0.2, 0) is 4.79 Å². The Morgan fingerprint density at radius 1 is 1.07 bits per heavy atom. The molecule has 1 amide bonds. The van der Waals surface area contributed by atoms with Crippen molar-refractivity contribution in [3.8, 4) is 0 Å². The van der Waals surface area contributed by atoms with E-state index in [4.69, 9.17) is 0 Å². The van der Waals surface area contributed by atoms with Gasteiger partial charge in [-0.25, -0.2) is 0 Å². The molecule has 0 aliphatic carbocycles. The fraction of sp³-hybridized carbons (Fsp3) is 0.923. The summed E-state index contributed by atoms with van der Waals surface area (Å²) in [5, 5.41) is 0. The standard InChI is InChI=1S/C13H27NO/c1-8-9-11(15)14(13(5,6)7)10-12(2,3)4/h8-10H2,1-7H3. The van der Waals surface area contributed by atoms with Crippen molar-refractivity contribution in [2.45, 2.75) is 66.8 Å². The fourth-order valence-electron chi connectivity index (χ4n) is 1.52. The van der Waals surface area contributed by atoms with Crippen molar-refractivity contribution in [2.24, 2.45) is 5.41 Å². The molecule has 0 aromatic heterocycles. The van der Waals surface area contributed by atoms with Crippen LogP contribution in [0.25, 0.3) is 0 Å². The zero-order valence-corrected chi connectivity index (χ0v) is 11.5. The van der Waals surface area contributed by atoms with Gasteiger partial charge in [0.25, 0.3) is 0 Å². The topological polar surface area (TPSA) is 20.3 Å². The van der Waals surface area contributed by atoms with E-state index in [9.17, 15) is 4.79 Å². The third kappa shape index (κ3) is 5.81. The first-order chi connectivity index (χ1) is 6.58. The summed E-state index contributed by atoms with van der Waals surface area (Å²) in [5.74, 6) is 0.278. The van der Waals surface area contributed by atoms with Crippen molar-refractivity contribution in [3.63, 3.8) is 0 Å². The van der Waals surface area contributed by atoms with Crippen molar-refractivity contribution in [2.75, 3.05) is 6.54 Å². The van der Waals surface area contributed by atoms with Crippen LogP contribution >= 0.6 is 0 Å². The smallest absolute Gasteiger partial charge is 0.223 e. The minimum Gasteiger partial charge on any atom is -0.337 e. The second kappa shape index (κ2) is 5.00. The summed E-state index contributed by atoms with van der Waals surface area (Å²) in [6, 6.07) is 0. The van der Waals surface area contributed by atoms with Crippen LogP contribution in [0.2, 0.25) is 0 Å². The molecule has 0 aliphatic heterocycles. The Labute approximate surface area is 95.0 Å². The molecule has 0 atom stereocenters. The highest BCUT2D eigenvalue weighted by atomic mass is 16.2. The third-order valence-corrected chi connectivity index (χ3v) is 2.21. The SMILES string of the molecule is CCCC(=O)N(CC(C)(C)C)C(C)(C)C. The van der Waals surface area contributed by atoms with E-state index in [1.165, 1.54) is 0 Å². The average Bonchev–Trinajstić information content (AvgIpc) is 1.97. The molecule has 90 valence electrons. The summed E-state index contributed by atoms with van der Waals surface area (Å²) >= 11 is 0. The Balaban J connectivity index is 4.68. The van der Waals surface area contributed by atoms with E-state index >= 15 is 0 Å². The van der Waals surface area contributed by atoms with Gasteiger partial charge in [0.15, 0.2) is 0 Å². The molecule has 0 heterocycles. The molecular weight excluding hydrogens is 186 g/mol. The van der Waals surface area contributed by atoms with Crippen molar-refractivity contribution < 1.29 is 4.79 Å². The monoisotopic (exact) mass is 213 g/mol. The van der Waals surface area contributed by atoms with Gasteiger partial charge in [-0.3, -0.25) is 4.79 Å². The molecule has 0 saturated carbocycles. The first-order valence-electron chi connectivity index (χ1n) is 5.88. The molecular formula is C13H27NO. The molecule has 0 aliphatic rings. The summed E-state index contributed by atoms with van der Waals surface area (Å²) in [6.45, 7) is 15.7. The van der Waals surface area contributed by atoms with Crippen LogP contribution in [-0.4, -0.2) is 22.9 Å². The molecule has 0 rings (SSSR count). The van der Waals surface area contributed by atoms with E-state index in [1.807, 2.05) is 4.90 Å². The van der Waals surface area contributed by atoms with E-state index in [0.29, 0.717) is 6.42 Å². The molecule has 15 heavy (non-hydrogen) atoms. The van der Waals surface area contributed by atoms with Crippen LogP contribution in [0.4, 0.5) is 0 Å². The van der Waals surface area contributed by atoms with Crippen molar-refractivity contribution in [1.29, 1.82) is 0 Å². The number of carbonyl (C=O) groups excluding carboxylic acids is 1. The van der Waals surface area contributed by atoms with Crippen LogP contribution in [0, 0.1) is 5.41 Å².